The first kappa shape index (κ1) is 28.6. The van der Waals surface area contributed by atoms with E-state index in [1.54, 1.807) is 23.5 Å². The molecule has 1 amide bonds. The monoisotopic (exact) mass is 574 g/mol. The number of anilines is 1. The van der Waals surface area contributed by atoms with E-state index in [1.807, 2.05) is 66.1 Å². The fraction of sp³-hybridized carbons (Fsp3) is 0.250. The largest absolute Gasteiger partial charge is 0.492 e. The SMILES string of the molecule is CCCCCCCCOc1ccc(/C=C/c2ccc(C(=O)Nc3sc(-c4cccs4)cc3C#N)cc2)cc1Cl. The Labute approximate surface area is 243 Å². The number of nitrogens with one attached hydrogen (secondary N) is 1. The number of halogens is 1. The third-order valence-electron chi connectivity index (χ3n) is 6.20. The summed E-state index contributed by atoms with van der Waals surface area (Å²) in [6, 6.07) is 21.1. The second-order valence-corrected chi connectivity index (χ2v) is 11.6. The van der Waals surface area contributed by atoms with E-state index < -0.39 is 0 Å². The van der Waals surface area contributed by atoms with E-state index in [1.165, 1.54) is 43.4 Å². The minimum Gasteiger partial charge on any atom is -0.492 e. The van der Waals surface area contributed by atoms with Gasteiger partial charge >= 0.3 is 0 Å². The van der Waals surface area contributed by atoms with E-state index in [0.717, 1.165) is 27.3 Å². The number of ether oxygens (including phenoxy) is 1. The van der Waals surface area contributed by atoms with Crippen LogP contribution < -0.4 is 10.1 Å². The van der Waals surface area contributed by atoms with Crippen LogP contribution in [0.3, 0.4) is 0 Å². The van der Waals surface area contributed by atoms with Gasteiger partial charge in [0.2, 0.25) is 0 Å². The summed E-state index contributed by atoms with van der Waals surface area (Å²) in [6.45, 7) is 2.91. The molecule has 7 heteroatoms. The van der Waals surface area contributed by atoms with Gasteiger partial charge in [0.05, 0.1) is 17.2 Å². The topological polar surface area (TPSA) is 62.1 Å². The highest BCUT2D eigenvalue weighted by Crippen LogP contribution is 2.37. The van der Waals surface area contributed by atoms with Crippen molar-refractivity contribution >= 4 is 57.3 Å². The zero-order valence-corrected chi connectivity index (χ0v) is 24.3. The van der Waals surface area contributed by atoms with E-state index in [0.29, 0.717) is 33.5 Å². The first-order valence-corrected chi connectivity index (χ1v) is 15.2. The lowest BCUT2D eigenvalue weighted by atomic mass is 10.1. The van der Waals surface area contributed by atoms with Crippen molar-refractivity contribution in [3.8, 4) is 21.6 Å². The second kappa shape index (κ2) is 14.7. The zero-order chi connectivity index (χ0) is 27.5. The van der Waals surface area contributed by atoms with E-state index in [9.17, 15) is 10.1 Å². The molecule has 0 aliphatic heterocycles. The van der Waals surface area contributed by atoms with Crippen LogP contribution in [0.5, 0.6) is 5.75 Å². The smallest absolute Gasteiger partial charge is 0.256 e. The Morgan fingerprint density at radius 2 is 1.72 bits per heavy atom. The summed E-state index contributed by atoms with van der Waals surface area (Å²) < 4.78 is 5.86. The van der Waals surface area contributed by atoms with Gasteiger partial charge in [-0.3, -0.25) is 4.79 Å². The highest BCUT2D eigenvalue weighted by molar-refractivity contribution is 7.24. The molecule has 0 radical (unpaired) electrons. The van der Waals surface area contributed by atoms with Crippen molar-refractivity contribution in [3.05, 3.63) is 93.3 Å². The second-order valence-electron chi connectivity index (χ2n) is 9.16. The molecule has 2 aromatic heterocycles. The summed E-state index contributed by atoms with van der Waals surface area (Å²) in [5, 5.41) is 15.5. The molecule has 200 valence electrons. The van der Waals surface area contributed by atoms with Crippen LogP contribution in [-0.2, 0) is 0 Å². The molecule has 0 saturated heterocycles. The molecule has 0 spiro atoms. The number of nitrogens with zero attached hydrogens (tertiary/aromatic N) is 1. The molecular weight excluding hydrogens is 544 g/mol. The fourth-order valence-corrected chi connectivity index (χ4v) is 6.10. The Bertz CT molecular complexity index is 1430. The maximum Gasteiger partial charge on any atom is 0.256 e. The first-order chi connectivity index (χ1) is 19.1. The summed E-state index contributed by atoms with van der Waals surface area (Å²) in [5.74, 6) is 0.468. The van der Waals surface area contributed by atoms with Gasteiger partial charge in [0, 0.05) is 15.3 Å². The minimum atomic E-state index is -0.245. The van der Waals surface area contributed by atoms with E-state index in [2.05, 4.69) is 18.3 Å². The molecule has 0 aliphatic carbocycles. The predicted molar refractivity (Wildman–Crippen MR) is 166 cm³/mol. The van der Waals surface area contributed by atoms with Crippen molar-refractivity contribution in [2.24, 2.45) is 0 Å². The molecule has 1 N–H and O–H groups in total. The van der Waals surface area contributed by atoms with Crippen molar-refractivity contribution in [2.75, 3.05) is 11.9 Å². The van der Waals surface area contributed by atoms with E-state index in [-0.39, 0.29) is 5.91 Å². The Kier molecular flexibility index (Phi) is 10.8. The van der Waals surface area contributed by atoms with E-state index >= 15 is 0 Å². The van der Waals surface area contributed by atoms with Crippen molar-refractivity contribution < 1.29 is 9.53 Å². The van der Waals surface area contributed by atoms with E-state index in [4.69, 9.17) is 16.3 Å². The molecule has 2 heterocycles. The van der Waals surface area contributed by atoms with Crippen LogP contribution in [-0.4, -0.2) is 12.5 Å². The zero-order valence-electron chi connectivity index (χ0n) is 21.9. The quantitative estimate of drug-likeness (QED) is 0.128. The highest BCUT2D eigenvalue weighted by Gasteiger charge is 2.14. The molecule has 4 nitrogen and oxygen atoms in total. The lowest BCUT2D eigenvalue weighted by Crippen LogP contribution is -2.11. The lowest BCUT2D eigenvalue weighted by Gasteiger charge is -2.08. The molecule has 0 atom stereocenters. The molecule has 4 aromatic rings. The molecule has 4 rings (SSSR count). The maximum atomic E-state index is 12.8. The summed E-state index contributed by atoms with van der Waals surface area (Å²) in [6.07, 6.45) is 11.3. The number of carbonyl (C=O) groups excluding carboxylic acids is 1. The molecule has 0 unspecified atom stereocenters. The minimum absolute atomic E-state index is 0.245. The van der Waals surface area contributed by atoms with Crippen molar-refractivity contribution in [1.29, 1.82) is 5.26 Å². The normalized spacial score (nSPS) is 11.0. The van der Waals surface area contributed by atoms with Crippen LogP contribution >= 0.6 is 34.3 Å². The van der Waals surface area contributed by atoms with Gasteiger partial charge in [-0.05, 0) is 59.3 Å². The summed E-state index contributed by atoms with van der Waals surface area (Å²) in [4.78, 5) is 14.9. The number of unbranched alkanes of at least 4 members (excludes halogenated alkanes) is 5. The van der Waals surface area contributed by atoms with Crippen LogP contribution in [0.4, 0.5) is 5.00 Å². The molecule has 0 saturated carbocycles. The number of carbonyl (C=O) groups is 1. The van der Waals surface area contributed by atoms with Gasteiger partial charge < -0.3 is 10.1 Å². The number of thiophene rings is 2. The average Bonchev–Trinajstić information content (AvgIpc) is 3.63. The number of benzene rings is 2. The Balaban J connectivity index is 1.30. The third kappa shape index (κ3) is 8.31. The van der Waals surface area contributed by atoms with Gasteiger partial charge in [-0.2, -0.15) is 5.26 Å². The van der Waals surface area contributed by atoms with Gasteiger partial charge in [0.15, 0.2) is 0 Å². The van der Waals surface area contributed by atoms with Crippen molar-refractivity contribution in [1.82, 2.24) is 0 Å². The number of amides is 1. The van der Waals surface area contributed by atoms with Crippen LogP contribution in [0.1, 0.15) is 72.5 Å². The summed E-state index contributed by atoms with van der Waals surface area (Å²) in [5.41, 5.74) is 2.92. The lowest BCUT2D eigenvalue weighted by molar-refractivity contribution is 0.102. The van der Waals surface area contributed by atoms with Crippen LogP contribution in [0.25, 0.3) is 21.9 Å². The van der Waals surface area contributed by atoms with Gasteiger partial charge in [-0.15, -0.1) is 22.7 Å². The predicted octanol–water partition coefficient (Wildman–Crippen LogP) is 10.2. The molecule has 0 fully saturated rings. The van der Waals surface area contributed by atoms with Crippen molar-refractivity contribution in [2.45, 2.75) is 45.4 Å². The molecule has 0 bridgehead atoms. The Hall–Kier alpha value is -3.37. The van der Waals surface area contributed by atoms with Gasteiger partial charge in [-0.1, -0.05) is 87.0 Å². The molecule has 39 heavy (non-hydrogen) atoms. The number of nitriles is 1. The fourth-order valence-electron chi connectivity index (χ4n) is 4.02. The highest BCUT2D eigenvalue weighted by atomic mass is 35.5. The first-order valence-electron chi connectivity index (χ1n) is 13.2. The third-order valence-corrected chi connectivity index (χ3v) is 8.61. The summed E-state index contributed by atoms with van der Waals surface area (Å²) in [7, 11) is 0. The Morgan fingerprint density at radius 3 is 2.44 bits per heavy atom. The molecule has 0 aliphatic rings. The molecule has 2 aromatic carbocycles. The van der Waals surface area contributed by atoms with Crippen molar-refractivity contribution in [3.63, 3.8) is 0 Å². The number of hydrogen-bond acceptors (Lipinski definition) is 5. The van der Waals surface area contributed by atoms with Crippen LogP contribution in [0.15, 0.2) is 66.0 Å². The average molecular weight is 575 g/mol. The summed E-state index contributed by atoms with van der Waals surface area (Å²) >= 11 is 9.46. The number of rotatable bonds is 13. The van der Waals surface area contributed by atoms with Gasteiger partial charge in [0.1, 0.15) is 16.8 Å². The van der Waals surface area contributed by atoms with Crippen LogP contribution in [0.2, 0.25) is 5.02 Å². The van der Waals surface area contributed by atoms with Gasteiger partial charge in [0.25, 0.3) is 5.91 Å². The maximum absolute atomic E-state index is 12.8. The Morgan fingerprint density at radius 1 is 0.974 bits per heavy atom. The van der Waals surface area contributed by atoms with Gasteiger partial charge in [-0.25, -0.2) is 0 Å². The molecular formula is C32H31ClN2O2S2. The number of hydrogen-bond donors (Lipinski definition) is 1. The standard InChI is InChI=1S/C32H31ClN2O2S2/c1-2-3-4-5-6-7-18-37-28-17-14-24(20-27(28)33)11-10-23-12-15-25(16-13-23)31(36)35-32-26(22-34)21-30(39-32)29-9-8-19-38-29/h8-17,19-21H,2-7,18H2,1H3,(H,35,36)/b11-10+. The van der Waals surface area contributed by atoms with Crippen LogP contribution in [0, 0.1) is 11.3 Å².